The smallest absolute Gasteiger partial charge is 0.472 e. The molecular formula is C51H94NO10P. The van der Waals surface area contributed by atoms with Gasteiger partial charge in [0.1, 0.15) is 12.6 Å². The van der Waals surface area contributed by atoms with Crippen molar-refractivity contribution in [3.05, 3.63) is 36.5 Å². The number of ether oxygens (including phenoxy) is 2. The molecule has 4 N–H and O–H groups in total. The molecule has 0 aliphatic rings. The quantitative estimate of drug-likeness (QED) is 0.0230. The van der Waals surface area contributed by atoms with Crippen LogP contribution < -0.4 is 5.73 Å². The van der Waals surface area contributed by atoms with Crippen LogP contribution >= 0.6 is 7.82 Å². The van der Waals surface area contributed by atoms with Gasteiger partial charge in [0, 0.05) is 12.8 Å². The van der Waals surface area contributed by atoms with Crippen molar-refractivity contribution in [3.8, 4) is 0 Å². The maximum atomic E-state index is 12.7. The average Bonchev–Trinajstić information content (AvgIpc) is 3.26. The number of allylic oxidation sites excluding steroid dienone is 6. The lowest BCUT2D eigenvalue weighted by molar-refractivity contribution is -0.161. The molecule has 0 fully saturated rings. The molecule has 0 aromatic carbocycles. The van der Waals surface area contributed by atoms with Crippen LogP contribution in [0.4, 0.5) is 0 Å². The third kappa shape index (κ3) is 46.0. The van der Waals surface area contributed by atoms with E-state index < -0.39 is 51.1 Å². The Morgan fingerprint density at radius 2 is 0.841 bits per heavy atom. The Bertz CT molecular complexity index is 1210. The summed E-state index contributed by atoms with van der Waals surface area (Å²) in [7, 11) is -4.72. The Balaban J connectivity index is 4.22. The molecule has 0 aliphatic heterocycles. The first-order chi connectivity index (χ1) is 30.6. The molecule has 0 bridgehead atoms. The minimum atomic E-state index is -4.72. The molecule has 0 aromatic heterocycles. The molecule has 0 saturated heterocycles. The van der Waals surface area contributed by atoms with Crippen LogP contribution in [0.1, 0.15) is 239 Å². The number of esters is 2. The summed E-state index contributed by atoms with van der Waals surface area (Å²) in [6.45, 7) is 2.80. The van der Waals surface area contributed by atoms with Crippen molar-refractivity contribution < 1.29 is 47.5 Å². The largest absolute Gasteiger partial charge is 0.480 e. The van der Waals surface area contributed by atoms with Crippen LogP contribution in [0.25, 0.3) is 0 Å². The summed E-state index contributed by atoms with van der Waals surface area (Å²) >= 11 is 0. The lowest BCUT2D eigenvalue weighted by Crippen LogP contribution is -2.34. The van der Waals surface area contributed by atoms with E-state index in [0.29, 0.717) is 12.8 Å². The number of aliphatic carboxylic acids is 1. The van der Waals surface area contributed by atoms with E-state index in [2.05, 4.69) is 54.8 Å². The Morgan fingerprint density at radius 3 is 1.27 bits per heavy atom. The van der Waals surface area contributed by atoms with E-state index in [1.807, 2.05) is 0 Å². The molecule has 0 radical (unpaired) electrons. The summed E-state index contributed by atoms with van der Waals surface area (Å²) in [5.74, 6) is -2.39. The van der Waals surface area contributed by atoms with Gasteiger partial charge in [-0.2, -0.15) is 0 Å². The minimum absolute atomic E-state index is 0.146. The maximum Gasteiger partial charge on any atom is 0.472 e. The highest BCUT2D eigenvalue weighted by Gasteiger charge is 2.28. The van der Waals surface area contributed by atoms with Crippen molar-refractivity contribution in [3.63, 3.8) is 0 Å². The van der Waals surface area contributed by atoms with Crippen molar-refractivity contribution in [1.82, 2.24) is 0 Å². The maximum absolute atomic E-state index is 12.7. The van der Waals surface area contributed by atoms with Gasteiger partial charge in [0.2, 0.25) is 0 Å². The molecule has 0 aromatic rings. The number of phosphoric acid groups is 1. The van der Waals surface area contributed by atoms with E-state index in [4.69, 9.17) is 24.8 Å². The number of nitrogens with two attached hydrogens (primary N) is 1. The van der Waals surface area contributed by atoms with Crippen molar-refractivity contribution in [1.29, 1.82) is 0 Å². The number of hydrogen-bond acceptors (Lipinski definition) is 9. The fourth-order valence-electron chi connectivity index (χ4n) is 7.09. The van der Waals surface area contributed by atoms with Gasteiger partial charge in [-0.25, -0.2) is 4.57 Å². The zero-order chi connectivity index (χ0) is 46.3. The standard InChI is InChI=1S/C51H94NO10P/c1-3-5-7-9-11-13-15-17-19-21-22-23-24-25-26-27-29-30-32-34-36-38-40-42-49(53)59-44-47(45-60-63(57,58)61-46-48(52)51(55)56)62-50(54)43-41-39-37-35-33-31-28-20-18-16-14-12-10-8-6-4-2/h14,16,20-22,28,47-48H,3-13,15,17-19,23-27,29-46,52H2,1-2H3,(H,55,56)(H,57,58)/b16-14-,22-21-,28-20-. The predicted octanol–water partition coefficient (Wildman–Crippen LogP) is 14.3. The normalized spacial score (nSPS) is 13.8. The lowest BCUT2D eigenvalue weighted by atomic mass is 10.0. The summed E-state index contributed by atoms with van der Waals surface area (Å²) in [5, 5.41) is 8.91. The molecule has 0 saturated carbocycles. The monoisotopic (exact) mass is 912 g/mol. The van der Waals surface area contributed by atoms with Gasteiger partial charge >= 0.3 is 25.7 Å². The molecule has 11 nitrogen and oxygen atoms in total. The topological polar surface area (TPSA) is 172 Å². The van der Waals surface area contributed by atoms with E-state index in [1.54, 1.807) is 0 Å². The second kappa shape index (κ2) is 46.2. The van der Waals surface area contributed by atoms with Gasteiger partial charge < -0.3 is 25.2 Å². The van der Waals surface area contributed by atoms with E-state index in [0.717, 1.165) is 64.2 Å². The highest BCUT2D eigenvalue weighted by molar-refractivity contribution is 7.47. The zero-order valence-electron chi connectivity index (χ0n) is 40.2. The first kappa shape index (κ1) is 60.7. The zero-order valence-corrected chi connectivity index (χ0v) is 41.1. The number of carboxylic acid groups (broad SMARTS) is 1. The molecule has 0 aliphatic carbocycles. The molecule has 3 unspecified atom stereocenters. The van der Waals surface area contributed by atoms with Gasteiger partial charge in [-0.1, -0.05) is 192 Å². The Morgan fingerprint density at radius 1 is 0.492 bits per heavy atom. The minimum Gasteiger partial charge on any atom is -0.480 e. The van der Waals surface area contributed by atoms with Crippen molar-refractivity contribution in [2.45, 2.75) is 251 Å². The van der Waals surface area contributed by atoms with E-state index in [-0.39, 0.29) is 19.4 Å². The number of phosphoric ester groups is 1. The van der Waals surface area contributed by atoms with Gasteiger partial charge in [0.25, 0.3) is 0 Å². The van der Waals surface area contributed by atoms with Gasteiger partial charge in [-0.15, -0.1) is 0 Å². The fraction of sp³-hybridized carbons (Fsp3) is 0.824. The Kier molecular flexibility index (Phi) is 44.5. The summed E-state index contributed by atoms with van der Waals surface area (Å²) in [5.41, 5.74) is 5.35. The van der Waals surface area contributed by atoms with Crippen LogP contribution in [-0.2, 0) is 37.5 Å². The number of unbranched alkanes of at least 4 members (excludes halogenated alkanes) is 28. The SMILES string of the molecule is CCCCCC/C=C\C/C=C\CCCCCCCC(=O)OC(COC(=O)CCCCCCCCCCCCC/C=C\CCCCCCCCCC)COP(=O)(O)OCC(N)C(=O)O. The summed E-state index contributed by atoms with van der Waals surface area (Å²) in [6.07, 6.45) is 52.1. The number of carboxylic acids is 1. The third-order valence-corrected chi connectivity index (χ3v) is 12.1. The van der Waals surface area contributed by atoms with Crippen LogP contribution in [0.3, 0.4) is 0 Å². The first-order valence-corrected chi connectivity index (χ1v) is 27.0. The number of carbonyl (C=O) groups excluding carboxylic acids is 2. The van der Waals surface area contributed by atoms with Crippen LogP contribution in [0, 0.1) is 0 Å². The van der Waals surface area contributed by atoms with Crippen LogP contribution in [0.15, 0.2) is 36.5 Å². The molecule has 63 heavy (non-hydrogen) atoms. The second-order valence-corrected chi connectivity index (χ2v) is 18.8. The van der Waals surface area contributed by atoms with E-state index in [9.17, 15) is 23.8 Å². The van der Waals surface area contributed by atoms with Crippen molar-refractivity contribution in [2.24, 2.45) is 5.73 Å². The highest BCUT2D eigenvalue weighted by atomic mass is 31.2. The molecule has 3 atom stereocenters. The van der Waals surface area contributed by atoms with Gasteiger partial charge in [-0.3, -0.25) is 23.4 Å². The number of carbonyl (C=O) groups is 3. The van der Waals surface area contributed by atoms with Gasteiger partial charge in [-0.05, 0) is 70.6 Å². The summed E-state index contributed by atoms with van der Waals surface area (Å²) in [4.78, 5) is 46.1. The van der Waals surface area contributed by atoms with Crippen molar-refractivity contribution in [2.75, 3.05) is 19.8 Å². The van der Waals surface area contributed by atoms with Crippen molar-refractivity contribution >= 4 is 25.7 Å². The second-order valence-electron chi connectivity index (χ2n) is 17.3. The highest BCUT2D eigenvalue weighted by Crippen LogP contribution is 2.43. The van der Waals surface area contributed by atoms with Gasteiger partial charge in [0.15, 0.2) is 6.10 Å². The Labute approximate surface area is 384 Å². The average molecular weight is 912 g/mol. The Hall–Kier alpha value is -2.30. The molecule has 0 amide bonds. The fourth-order valence-corrected chi connectivity index (χ4v) is 7.87. The molecule has 0 spiro atoms. The molecular weight excluding hydrogens is 818 g/mol. The molecule has 368 valence electrons. The molecule has 12 heteroatoms. The number of rotatable bonds is 48. The van der Waals surface area contributed by atoms with E-state index >= 15 is 0 Å². The molecule has 0 heterocycles. The van der Waals surface area contributed by atoms with Gasteiger partial charge in [0.05, 0.1) is 13.2 Å². The predicted molar refractivity (Wildman–Crippen MR) is 259 cm³/mol. The van der Waals surface area contributed by atoms with Crippen LogP contribution in [0.5, 0.6) is 0 Å². The first-order valence-electron chi connectivity index (χ1n) is 25.5. The summed E-state index contributed by atoms with van der Waals surface area (Å²) in [6, 6.07) is -1.52. The molecule has 0 rings (SSSR count). The third-order valence-electron chi connectivity index (χ3n) is 11.1. The van der Waals surface area contributed by atoms with Crippen LogP contribution in [-0.4, -0.2) is 59.9 Å². The van der Waals surface area contributed by atoms with E-state index in [1.165, 1.54) is 135 Å². The van der Waals surface area contributed by atoms with Crippen LogP contribution in [0.2, 0.25) is 0 Å². The number of hydrogen-bond donors (Lipinski definition) is 3. The summed E-state index contributed by atoms with van der Waals surface area (Å²) < 4.78 is 32.8. The lowest BCUT2D eigenvalue weighted by Gasteiger charge is -2.20.